The van der Waals surface area contributed by atoms with Gasteiger partial charge in [-0.1, -0.05) is 0 Å². The number of amides is 1. The van der Waals surface area contributed by atoms with Gasteiger partial charge >= 0.3 is 0 Å². The second-order valence-corrected chi connectivity index (χ2v) is 6.08. The number of ether oxygens (including phenoxy) is 3. The largest absolute Gasteiger partial charge is 0.494 e. The number of aromatic nitrogens is 1. The van der Waals surface area contributed by atoms with Crippen LogP contribution in [-0.4, -0.2) is 48.2 Å². The zero-order valence-electron chi connectivity index (χ0n) is 15.0. The molecule has 1 aromatic carbocycles. The molecule has 1 aliphatic rings. The fourth-order valence-electron chi connectivity index (χ4n) is 2.87. The Bertz CT molecular complexity index is 683. The van der Waals surface area contributed by atoms with Crippen molar-refractivity contribution in [2.45, 2.75) is 25.9 Å². The Morgan fingerprint density at radius 1 is 1.08 bits per heavy atom. The summed E-state index contributed by atoms with van der Waals surface area (Å²) < 4.78 is 16.9. The molecule has 26 heavy (non-hydrogen) atoms. The minimum absolute atomic E-state index is 0.00119. The van der Waals surface area contributed by atoms with Gasteiger partial charge in [-0.15, -0.1) is 0 Å². The highest BCUT2D eigenvalue weighted by atomic mass is 16.5. The van der Waals surface area contributed by atoms with E-state index < -0.39 is 0 Å². The van der Waals surface area contributed by atoms with Crippen LogP contribution < -0.4 is 14.2 Å². The van der Waals surface area contributed by atoms with E-state index in [0.29, 0.717) is 25.4 Å². The van der Waals surface area contributed by atoms with Crippen LogP contribution in [-0.2, 0) is 4.79 Å². The van der Waals surface area contributed by atoms with E-state index in [-0.39, 0.29) is 18.6 Å². The minimum atomic E-state index is -0.00119. The summed E-state index contributed by atoms with van der Waals surface area (Å²) in [5, 5.41) is 0. The van der Waals surface area contributed by atoms with Gasteiger partial charge in [-0.25, -0.2) is 0 Å². The maximum Gasteiger partial charge on any atom is 0.260 e. The van der Waals surface area contributed by atoms with E-state index >= 15 is 0 Å². The van der Waals surface area contributed by atoms with Crippen LogP contribution in [0, 0.1) is 0 Å². The van der Waals surface area contributed by atoms with Crippen molar-refractivity contribution in [1.82, 2.24) is 9.88 Å². The maximum atomic E-state index is 12.3. The van der Waals surface area contributed by atoms with Crippen LogP contribution in [0.4, 0.5) is 0 Å². The van der Waals surface area contributed by atoms with Gasteiger partial charge in [0.05, 0.1) is 12.8 Å². The van der Waals surface area contributed by atoms with Crippen molar-refractivity contribution in [3.05, 3.63) is 48.8 Å². The first-order chi connectivity index (χ1) is 12.7. The molecule has 138 valence electrons. The number of carbonyl (C=O) groups excluding carboxylic acids is 1. The monoisotopic (exact) mass is 356 g/mol. The molecule has 0 N–H and O–H groups in total. The zero-order valence-corrected chi connectivity index (χ0v) is 15.0. The number of rotatable bonds is 7. The SMILES string of the molecule is CCOc1ccc(OCC(=O)N2CCC(Oc3cccnc3)CC2)cc1. The molecule has 0 radical (unpaired) electrons. The lowest BCUT2D eigenvalue weighted by atomic mass is 10.1. The quantitative estimate of drug-likeness (QED) is 0.763. The molecule has 0 atom stereocenters. The van der Waals surface area contributed by atoms with Gasteiger partial charge in [-0.2, -0.15) is 0 Å². The summed E-state index contributed by atoms with van der Waals surface area (Å²) in [4.78, 5) is 18.2. The summed E-state index contributed by atoms with van der Waals surface area (Å²) in [6.07, 6.45) is 5.17. The Morgan fingerprint density at radius 2 is 1.77 bits per heavy atom. The predicted molar refractivity (Wildman–Crippen MR) is 97.6 cm³/mol. The summed E-state index contributed by atoms with van der Waals surface area (Å²) >= 11 is 0. The van der Waals surface area contributed by atoms with Gasteiger partial charge < -0.3 is 19.1 Å². The van der Waals surface area contributed by atoms with Crippen LogP contribution in [0.1, 0.15) is 19.8 Å². The fourth-order valence-corrected chi connectivity index (χ4v) is 2.87. The number of hydrogen-bond acceptors (Lipinski definition) is 5. The molecule has 3 rings (SSSR count). The average molecular weight is 356 g/mol. The van der Waals surface area contributed by atoms with Gasteiger partial charge in [-0.05, 0) is 43.3 Å². The highest BCUT2D eigenvalue weighted by Crippen LogP contribution is 2.19. The third-order valence-electron chi connectivity index (χ3n) is 4.23. The smallest absolute Gasteiger partial charge is 0.260 e. The number of nitrogens with zero attached hydrogens (tertiary/aromatic N) is 2. The molecular weight excluding hydrogens is 332 g/mol. The van der Waals surface area contributed by atoms with E-state index in [1.165, 1.54) is 0 Å². The van der Waals surface area contributed by atoms with Gasteiger partial charge in [0.2, 0.25) is 0 Å². The highest BCUT2D eigenvalue weighted by molar-refractivity contribution is 5.77. The molecule has 6 heteroatoms. The molecule has 0 spiro atoms. The fraction of sp³-hybridized carbons (Fsp3) is 0.400. The molecule has 1 amide bonds. The number of pyridine rings is 1. The van der Waals surface area contributed by atoms with E-state index in [1.54, 1.807) is 12.4 Å². The van der Waals surface area contributed by atoms with Crippen LogP contribution in [0.25, 0.3) is 0 Å². The summed E-state index contributed by atoms with van der Waals surface area (Å²) in [5.74, 6) is 2.23. The third-order valence-corrected chi connectivity index (χ3v) is 4.23. The lowest BCUT2D eigenvalue weighted by molar-refractivity contribution is -0.135. The number of carbonyl (C=O) groups is 1. The highest BCUT2D eigenvalue weighted by Gasteiger charge is 2.24. The first-order valence-corrected chi connectivity index (χ1v) is 8.94. The molecule has 0 aliphatic carbocycles. The van der Waals surface area contributed by atoms with Gasteiger partial charge in [0.1, 0.15) is 23.4 Å². The Labute approximate surface area is 153 Å². The minimum Gasteiger partial charge on any atom is -0.494 e. The topological polar surface area (TPSA) is 60.9 Å². The average Bonchev–Trinajstić information content (AvgIpc) is 2.69. The van der Waals surface area contributed by atoms with E-state index in [4.69, 9.17) is 14.2 Å². The molecule has 0 unspecified atom stereocenters. The maximum absolute atomic E-state index is 12.3. The van der Waals surface area contributed by atoms with Crippen LogP contribution in [0.2, 0.25) is 0 Å². The van der Waals surface area contributed by atoms with Crippen molar-refractivity contribution in [3.8, 4) is 17.2 Å². The van der Waals surface area contributed by atoms with Gasteiger partial charge in [-0.3, -0.25) is 9.78 Å². The molecule has 0 saturated carbocycles. The van der Waals surface area contributed by atoms with Crippen LogP contribution in [0.15, 0.2) is 48.8 Å². The van der Waals surface area contributed by atoms with Gasteiger partial charge in [0.25, 0.3) is 5.91 Å². The first-order valence-electron chi connectivity index (χ1n) is 8.94. The van der Waals surface area contributed by atoms with Crippen molar-refractivity contribution in [1.29, 1.82) is 0 Å². The zero-order chi connectivity index (χ0) is 18.2. The van der Waals surface area contributed by atoms with Crippen LogP contribution in [0.5, 0.6) is 17.2 Å². The first kappa shape index (κ1) is 18.0. The Morgan fingerprint density at radius 3 is 2.38 bits per heavy atom. The second kappa shape index (κ2) is 9.08. The molecule has 0 bridgehead atoms. The summed E-state index contributed by atoms with van der Waals surface area (Å²) in [6.45, 7) is 3.96. The van der Waals surface area contributed by atoms with Crippen LogP contribution >= 0.6 is 0 Å². The van der Waals surface area contributed by atoms with Gasteiger partial charge in [0, 0.05) is 32.1 Å². The number of likely N-dealkylation sites (tertiary alicyclic amines) is 1. The standard InChI is InChI=1S/C20H24N2O4/c1-2-24-16-5-7-17(8-6-16)25-15-20(23)22-12-9-18(10-13-22)26-19-4-3-11-21-14-19/h3-8,11,14,18H,2,9-10,12-13,15H2,1H3. The van der Waals surface area contributed by atoms with Crippen molar-refractivity contribution >= 4 is 5.91 Å². The van der Waals surface area contributed by atoms with Crippen molar-refractivity contribution < 1.29 is 19.0 Å². The molecule has 1 aromatic heterocycles. The molecule has 2 aromatic rings. The number of hydrogen-bond donors (Lipinski definition) is 0. The Kier molecular flexibility index (Phi) is 6.30. The summed E-state index contributed by atoms with van der Waals surface area (Å²) in [6, 6.07) is 11.1. The molecular formula is C20H24N2O4. The molecule has 1 saturated heterocycles. The van der Waals surface area contributed by atoms with E-state index in [9.17, 15) is 4.79 Å². The second-order valence-electron chi connectivity index (χ2n) is 6.08. The lowest BCUT2D eigenvalue weighted by Gasteiger charge is -2.32. The molecule has 1 fully saturated rings. The van der Waals surface area contributed by atoms with E-state index in [1.807, 2.05) is 48.2 Å². The predicted octanol–water partition coefficient (Wildman–Crippen LogP) is 2.93. The van der Waals surface area contributed by atoms with Crippen molar-refractivity contribution in [2.75, 3.05) is 26.3 Å². The van der Waals surface area contributed by atoms with E-state index in [2.05, 4.69) is 4.98 Å². The summed E-state index contributed by atoms with van der Waals surface area (Å²) in [7, 11) is 0. The lowest BCUT2D eigenvalue weighted by Crippen LogP contribution is -2.43. The van der Waals surface area contributed by atoms with Crippen LogP contribution in [0.3, 0.4) is 0 Å². The van der Waals surface area contributed by atoms with Gasteiger partial charge in [0.15, 0.2) is 6.61 Å². The van der Waals surface area contributed by atoms with E-state index in [0.717, 1.165) is 24.3 Å². The molecule has 1 aliphatic heterocycles. The van der Waals surface area contributed by atoms with Crippen molar-refractivity contribution in [3.63, 3.8) is 0 Å². The Balaban J connectivity index is 1.40. The van der Waals surface area contributed by atoms with Crippen molar-refractivity contribution in [2.24, 2.45) is 0 Å². The molecule has 6 nitrogen and oxygen atoms in total. The third kappa shape index (κ3) is 5.12. The molecule has 2 heterocycles. The normalized spacial score (nSPS) is 14.7. The summed E-state index contributed by atoms with van der Waals surface area (Å²) in [5.41, 5.74) is 0. The number of benzene rings is 1. The number of piperidine rings is 1. The Hall–Kier alpha value is -2.76.